The summed E-state index contributed by atoms with van der Waals surface area (Å²) in [4.78, 5) is 11.1. The average molecular weight is 302 g/mol. The first kappa shape index (κ1) is 14.0. The molecule has 9 heteroatoms. The standard InChI is InChI=1S/C10H10N2O5S2/c11-5-7-1-2-9(18-7)19(15,16)12-3-4-17-8(6-12)10(13)14/h1-2,8H,3-4,6H2,(H,13,14). The van der Waals surface area contributed by atoms with Gasteiger partial charge in [-0.15, -0.1) is 11.3 Å². The number of carbonyl (C=O) groups is 1. The number of ether oxygens (including phenoxy) is 1. The Balaban J connectivity index is 2.24. The second-order valence-electron chi connectivity index (χ2n) is 3.79. The number of morpholine rings is 1. The zero-order valence-electron chi connectivity index (χ0n) is 9.64. The monoisotopic (exact) mass is 302 g/mol. The van der Waals surface area contributed by atoms with Gasteiger partial charge in [0, 0.05) is 6.54 Å². The maximum atomic E-state index is 12.3. The predicted octanol–water partition coefficient (Wildman–Crippen LogP) is 0.0939. The van der Waals surface area contributed by atoms with Crippen LogP contribution >= 0.6 is 11.3 Å². The van der Waals surface area contributed by atoms with Crippen LogP contribution in [0.1, 0.15) is 4.88 Å². The van der Waals surface area contributed by atoms with Crippen molar-refractivity contribution in [1.29, 1.82) is 5.26 Å². The Kier molecular flexibility index (Phi) is 3.86. The Morgan fingerprint density at radius 3 is 2.89 bits per heavy atom. The summed E-state index contributed by atoms with van der Waals surface area (Å²) in [6, 6.07) is 4.64. The van der Waals surface area contributed by atoms with E-state index < -0.39 is 22.1 Å². The van der Waals surface area contributed by atoms with Gasteiger partial charge in [-0.2, -0.15) is 9.57 Å². The highest BCUT2D eigenvalue weighted by atomic mass is 32.2. The van der Waals surface area contributed by atoms with E-state index in [0.717, 1.165) is 15.6 Å². The molecule has 1 fully saturated rings. The van der Waals surface area contributed by atoms with Crippen LogP contribution in [0.3, 0.4) is 0 Å². The van der Waals surface area contributed by atoms with Gasteiger partial charge in [-0.05, 0) is 12.1 Å². The van der Waals surface area contributed by atoms with E-state index in [2.05, 4.69) is 0 Å². The van der Waals surface area contributed by atoms with E-state index in [9.17, 15) is 13.2 Å². The van der Waals surface area contributed by atoms with Crippen molar-refractivity contribution >= 4 is 27.3 Å². The summed E-state index contributed by atoms with van der Waals surface area (Å²) in [6.07, 6.45) is -1.15. The summed E-state index contributed by atoms with van der Waals surface area (Å²) in [6.45, 7) is -0.0873. The normalized spacial score (nSPS) is 20.9. The third-order valence-electron chi connectivity index (χ3n) is 2.59. The van der Waals surface area contributed by atoms with E-state index in [-0.39, 0.29) is 23.9 Å². The summed E-state index contributed by atoms with van der Waals surface area (Å²) in [5, 5.41) is 17.5. The number of hydrogen-bond donors (Lipinski definition) is 1. The molecule has 1 unspecified atom stereocenters. The molecule has 1 aromatic heterocycles. The fraction of sp³-hybridized carbons (Fsp3) is 0.400. The summed E-state index contributed by atoms with van der Waals surface area (Å²) in [5.41, 5.74) is 0. The topological polar surface area (TPSA) is 108 Å². The van der Waals surface area contributed by atoms with Crippen molar-refractivity contribution in [2.24, 2.45) is 0 Å². The minimum absolute atomic E-state index is 0.0344. The zero-order valence-corrected chi connectivity index (χ0v) is 11.3. The van der Waals surface area contributed by atoms with Crippen LogP contribution in [0.4, 0.5) is 0 Å². The quantitative estimate of drug-likeness (QED) is 0.848. The summed E-state index contributed by atoms with van der Waals surface area (Å²) < 4.78 is 30.6. The molecule has 0 aliphatic carbocycles. The molecule has 0 aromatic carbocycles. The second kappa shape index (κ2) is 5.26. The molecule has 2 rings (SSSR count). The Bertz CT molecular complexity index is 631. The summed E-state index contributed by atoms with van der Waals surface area (Å²) in [5.74, 6) is -1.19. The van der Waals surface area contributed by atoms with E-state index in [4.69, 9.17) is 15.1 Å². The number of nitriles is 1. The molecule has 2 heterocycles. The van der Waals surface area contributed by atoms with Crippen LogP contribution in [0, 0.1) is 11.3 Å². The lowest BCUT2D eigenvalue weighted by Crippen LogP contribution is -2.48. The highest BCUT2D eigenvalue weighted by Gasteiger charge is 2.34. The van der Waals surface area contributed by atoms with Gasteiger partial charge in [0.2, 0.25) is 0 Å². The molecule has 0 spiro atoms. The maximum absolute atomic E-state index is 12.3. The predicted molar refractivity (Wildman–Crippen MR) is 65.2 cm³/mol. The number of aliphatic carboxylic acids is 1. The van der Waals surface area contributed by atoms with Crippen LogP contribution in [0.25, 0.3) is 0 Å². The van der Waals surface area contributed by atoms with Gasteiger partial charge in [-0.3, -0.25) is 0 Å². The van der Waals surface area contributed by atoms with Gasteiger partial charge in [0.15, 0.2) is 6.10 Å². The Labute approximate surface area is 113 Å². The maximum Gasteiger partial charge on any atom is 0.334 e. The first-order valence-corrected chi connectivity index (χ1v) is 7.55. The van der Waals surface area contributed by atoms with Crippen molar-refractivity contribution in [3.05, 3.63) is 17.0 Å². The van der Waals surface area contributed by atoms with Crippen LogP contribution in [0.2, 0.25) is 0 Å². The van der Waals surface area contributed by atoms with Gasteiger partial charge in [-0.25, -0.2) is 13.2 Å². The molecule has 19 heavy (non-hydrogen) atoms. The fourth-order valence-electron chi connectivity index (χ4n) is 1.64. The first-order chi connectivity index (χ1) is 8.95. The first-order valence-electron chi connectivity index (χ1n) is 5.29. The number of carboxylic acids is 1. The molecule has 0 amide bonds. The molecule has 1 N–H and O–H groups in total. The minimum Gasteiger partial charge on any atom is -0.479 e. The van der Waals surface area contributed by atoms with E-state index in [1.807, 2.05) is 6.07 Å². The van der Waals surface area contributed by atoms with Crippen LogP contribution < -0.4 is 0 Å². The Morgan fingerprint density at radius 1 is 1.58 bits per heavy atom. The van der Waals surface area contributed by atoms with Gasteiger partial charge in [0.05, 0.1) is 13.2 Å². The van der Waals surface area contributed by atoms with Crippen molar-refractivity contribution in [1.82, 2.24) is 4.31 Å². The largest absolute Gasteiger partial charge is 0.479 e. The van der Waals surface area contributed by atoms with Crippen LogP contribution in [0.5, 0.6) is 0 Å². The van der Waals surface area contributed by atoms with E-state index >= 15 is 0 Å². The van der Waals surface area contributed by atoms with Gasteiger partial charge in [0.25, 0.3) is 10.0 Å². The number of carboxylic acid groups (broad SMARTS) is 1. The average Bonchev–Trinajstić information content (AvgIpc) is 2.88. The van der Waals surface area contributed by atoms with Crippen LogP contribution in [0.15, 0.2) is 16.3 Å². The summed E-state index contributed by atoms with van der Waals surface area (Å²) in [7, 11) is -3.76. The zero-order chi connectivity index (χ0) is 14.0. The van der Waals surface area contributed by atoms with Crippen LogP contribution in [-0.2, 0) is 19.6 Å². The number of rotatable bonds is 3. The van der Waals surface area contributed by atoms with Crippen molar-refractivity contribution in [2.75, 3.05) is 19.7 Å². The van der Waals surface area contributed by atoms with Crippen molar-refractivity contribution in [3.63, 3.8) is 0 Å². The Hall–Kier alpha value is -1.47. The highest BCUT2D eigenvalue weighted by Crippen LogP contribution is 2.25. The molecule has 1 aliphatic rings. The van der Waals surface area contributed by atoms with Gasteiger partial charge >= 0.3 is 5.97 Å². The van der Waals surface area contributed by atoms with Crippen molar-refractivity contribution in [2.45, 2.75) is 10.3 Å². The van der Waals surface area contributed by atoms with Gasteiger partial charge < -0.3 is 9.84 Å². The number of hydrogen-bond acceptors (Lipinski definition) is 6. The minimum atomic E-state index is -3.76. The molecule has 7 nitrogen and oxygen atoms in total. The lowest BCUT2D eigenvalue weighted by atomic mass is 10.3. The van der Waals surface area contributed by atoms with Crippen LogP contribution in [-0.4, -0.2) is 49.6 Å². The molecular formula is C10H10N2O5S2. The highest BCUT2D eigenvalue weighted by molar-refractivity contribution is 7.91. The van der Waals surface area contributed by atoms with E-state index in [1.165, 1.54) is 12.1 Å². The molecule has 0 saturated carbocycles. The van der Waals surface area contributed by atoms with Gasteiger partial charge in [-0.1, -0.05) is 0 Å². The van der Waals surface area contributed by atoms with Crippen molar-refractivity contribution in [3.8, 4) is 6.07 Å². The van der Waals surface area contributed by atoms with E-state index in [0.29, 0.717) is 4.88 Å². The summed E-state index contributed by atoms with van der Waals surface area (Å²) >= 11 is 0.864. The van der Waals surface area contributed by atoms with Crippen molar-refractivity contribution < 1.29 is 23.1 Å². The number of thiophene rings is 1. The lowest BCUT2D eigenvalue weighted by Gasteiger charge is -2.29. The Morgan fingerprint density at radius 2 is 2.32 bits per heavy atom. The number of sulfonamides is 1. The lowest BCUT2D eigenvalue weighted by molar-refractivity contribution is -0.153. The SMILES string of the molecule is N#Cc1ccc(S(=O)(=O)N2CCOC(C(=O)O)C2)s1. The molecular weight excluding hydrogens is 292 g/mol. The molecule has 1 aromatic rings. The molecule has 0 radical (unpaired) electrons. The third kappa shape index (κ3) is 2.76. The molecule has 1 atom stereocenters. The molecule has 102 valence electrons. The van der Waals surface area contributed by atoms with E-state index in [1.54, 1.807) is 0 Å². The molecule has 1 aliphatic heterocycles. The number of nitrogens with zero attached hydrogens (tertiary/aromatic N) is 2. The second-order valence-corrected chi connectivity index (χ2v) is 7.04. The smallest absolute Gasteiger partial charge is 0.334 e. The molecule has 1 saturated heterocycles. The fourth-order valence-corrected chi connectivity index (χ4v) is 4.32. The molecule has 0 bridgehead atoms. The van der Waals surface area contributed by atoms with Gasteiger partial charge in [0.1, 0.15) is 15.2 Å². The third-order valence-corrected chi connectivity index (χ3v) is 5.91.